The average Bonchev–Trinajstić information content (AvgIpc) is 3.29. The fraction of sp³-hybridized carbons (Fsp3) is 0.707. The summed E-state index contributed by atoms with van der Waals surface area (Å²) in [6.07, 6.45) is 13.1. The highest BCUT2D eigenvalue weighted by molar-refractivity contribution is 7.85. The molecule has 0 bridgehead atoms. The van der Waals surface area contributed by atoms with Crippen LogP contribution in [0.2, 0.25) is 36.3 Å². The zero-order valence-electron chi connectivity index (χ0n) is 33.1. The Morgan fingerprint density at radius 2 is 1.63 bits per heavy atom. The van der Waals surface area contributed by atoms with E-state index in [1.165, 1.54) is 18.4 Å². The van der Waals surface area contributed by atoms with E-state index < -0.39 is 26.8 Å². The van der Waals surface area contributed by atoms with Crippen molar-refractivity contribution in [1.29, 1.82) is 0 Å². The smallest absolute Gasteiger partial charge is 0.294 e. The van der Waals surface area contributed by atoms with Gasteiger partial charge in [0.05, 0.1) is 17.1 Å². The van der Waals surface area contributed by atoms with E-state index in [1.54, 1.807) is 17.7 Å². The number of rotatable bonds is 9. The summed E-state index contributed by atoms with van der Waals surface area (Å²) < 4.78 is 48.5. The van der Waals surface area contributed by atoms with E-state index in [0.717, 1.165) is 48.8 Å². The molecule has 0 spiro atoms. The van der Waals surface area contributed by atoms with Crippen molar-refractivity contribution in [3.05, 3.63) is 64.8 Å². The van der Waals surface area contributed by atoms with Crippen LogP contribution in [0.4, 0.5) is 0 Å². The highest BCUT2D eigenvalue weighted by atomic mass is 32.2. The van der Waals surface area contributed by atoms with Crippen molar-refractivity contribution in [1.82, 2.24) is 0 Å². The lowest BCUT2D eigenvalue weighted by atomic mass is 9.60. The molecule has 0 radical (unpaired) electrons. The maximum absolute atomic E-state index is 12.2. The summed E-state index contributed by atoms with van der Waals surface area (Å²) in [5.74, 6) is 1.30. The minimum absolute atomic E-state index is 0.0309. The summed E-state index contributed by atoms with van der Waals surface area (Å²) >= 11 is 0. The summed E-state index contributed by atoms with van der Waals surface area (Å²) in [7, 11) is -8.28. The van der Waals surface area contributed by atoms with Crippen molar-refractivity contribution in [2.75, 3.05) is 0 Å². The number of aryl methyl sites for hydroxylation is 1. The number of fused-ring (bicyclic) bond motifs is 1. The van der Waals surface area contributed by atoms with Gasteiger partial charge in [-0.3, -0.25) is 4.55 Å². The second-order valence-electron chi connectivity index (χ2n) is 19.1. The highest BCUT2D eigenvalue weighted by Crippen LogP contribution is 2.60. The molecule has 0 aromatic heterocycles. The molecular weight excluding hydrogens is 661 g/mol. The van der Waals surface area contributed by atoms with E-state index in [2.05, 4.69) is 100 Å². The van der Waals surface area contributed by atoms with Gasteiger partial charge in [-0.15, -0.1) is 0 Å². The molecule has 3 saturated carbocycles. The number of benzene rings is 1. The van der Waals surface area contributed by atoms with Gasteiger partial charge in [0.1, 0.15) is 0 Å². The second-order valence-corrected chi connectivity index (χ2v) is 30.0. The molecule has 1 aromatic carbocycles. The van der Waals surface area contributed by atoms with Gasteiger partial charge < -0.3 is 8.85 Å². The highest BCUT2D eigenvalue weighted by Gasteiger charge is 2.51. The van der Waals surface area contributed by atoms with Crippen LogP contribution < -0.4 is 0 Å². The number of hydrogen-bond donors (Lipinski definition) is 1. The normalized spacial score (nSPS) is 29.8. The van der Waals surface area contributed by atoms with Crippen molar-refractivity contribution in [3.8, 4) is 0 Å². The average molecular weight is 729 g/mol. The molecule has 276 valence electrons. The van der Waals surface area contributed by atoms with Crippen LogP contribution in [0.1, 0.15) is 111 Å². The molecule has 1 unspecified atom stereocenters. The van der Waals surface area contributed by atoms with Gasteiger partial charge in [-0.1, -0.05) is 97.4 Å². The Labute approximate surface area is 302 Å². The van der Waals surface area contributed by atoms with Gasteiger partial charge in [0.25, 0.3) is 10.1 Å². The SMILES string of the molecule is C=C1C(=CC=C2CCC[C@]3(C)[C@@H]([C@@H](C)Cc4cc(C)ccc4S(=O)(=O)O)CC[C@@H]23)C[C@@H](O[Si](C)(C)C(C)(C)C)CC1O[Si](C)(C)C(C)(C)C. The van der Waals surface area contributed by atoms with Crippen molar-refractivity contribution >= 4 is 26.8 Å². The molecule has 0 amide bonds. The molecule has 4 rings (SSSR count). The van der Waals surface area contributed by atoms with E-state index in [9.17, 15) is 13.0 Å². The third-order valence-corrected chi connectivity index (χ3v) is 23.5. The van der Waals surface area contributed by atoms with Crippen molar-refractivity contribution in [2.24, 2.45) is 23.2 Å². The van der Waals surface area contributed by atoms with Crippen LogP contribution in [0.3, 0.4) is 0 Å². The van der Waals surface area contributed by atoms with Crippen molar-refractivity contribution < 1.29 is 21.8 Å². The lowest BCUT2D eigenvalue weighted by Crippen LogP contribution is -2.49. The van der Waals surface area contributed by atoms with Gasteiger partial charge in [-0.2, -0.15) is 8.42 Å². The predicted molar refractivity (Wildman–Crippen MR) is 211 cm³/mol. The van der Waals surface area contributed by atoms with Crippen LogP contribution in [0.5, 0.6) is 0 Å². The molecule has 49 heavy (non-hydrogen) atoms. The van der Waals surface area contributed by atoms with Gasteiger partial charge in [-0.25, -0.2) is 0 Å². The zero-order chi connectivity index (χ0) is 37.0. The number of hydrogen-bond acceptors (Lipinski definition) is 4. The Kier molecular flexibility index (Phi) is 11.8. The van der Waals surface area contributed by atoms with E-state index in [0.29, 0.717) is 24.2 Å². The second kappa shape index (κ2) is 14.3. The third kappa shape index (κ3) is 8.85. The summed E-state index contributed by atoms with van der Waals surface area (Å²) in [5.41, 5.74) is 5.86. The maximum atomic E-state index is 12.2. The molecule has 1 aromatic rings. The Hall–Kier alpha value is -1.30. The minimum atomic E-state index is -4.27. The molecule has 5 nitrogen and oxygen atoms in total. The summed E-state index contributed by atoms with van der Waals surface area (Å²) in [6.45, 7) is 34.7. The van der Waals surface area contributed by atoms with Gasteiger partial charge in [0.15, 0.2) is 16.6 Å². The van der Waals surface area contributed by atoms with Crippen LogP contribution in [0.25, 0.3) is 0 Å². The monoisotopic (exact) mass is 728 g/mol. The molecule has 1 N–H and O–H groups in total. The lowest BCUT2D eigenvalue weighted by molar-refractivity contribution is 0.0962. The lowest BCUT2D eigenvalue weighted by Gasteiger charge is -2.46. The molecule has 0 heterocycles. The molecular formula is C41H68O5SSi2. The number of allylic oxidation sites excluding steroid dienone is 3. The Morgan fingerprint density at radius 3 is 2.22 bits per heavy atom. The Balaban J connectivity index is 1.61. The first-order chi connectivity index (χ1) is 22.3. The van der Waals surface area contributed by atoms with E-state index in [1.807, 2.05) is 13.0 Å². The molecule has 8 heteroatoms. The van der Waals surface area contributed by atoms with E-state index in [4.69, 9.17) is 8.85 Å². The first kappa shape index (κ1) is 40.5. The first-order valence-electron chi connectivity index (χ1n) is 18.8. The summed E-state index contributed by atoms with van der Waals surface area (Å²) in [4.78, 5) is 0.0555. The van der Waals surface area contributed by atoms with Crippen LogP contribution >= 0.6 is 0 Å². The Bertz CT molecular complexity index is 1560. The van der Waals surface area contributed by atoms with Crippen LogP contribution in [-0.4, -0.2) is 41.8 Å². The molecule has 0 aliphatic heterocycles. The van der Waals surface area contributed by atoms with E-state index in [-0.39, 0.29) is 32.6 Å². The van der Waals surface area contributed by atoms with Crippen LogP contribution in [-0.2, 0) is 25.4 Å². The first-order valence-corrected chi connectivity index (χ1v) is 26.0. The van der Waals surface area contributed by atoms with Gasteiger partial charge in [0.2, 0.25) is 0 Å². The summed E-state index contributed by atoms with van der Waals surface area (Å²) in [5, 5.41) is 0.251. The standard InChI is InChI=1S/C41H68O5SSi2/c1-28-17-22-38(47(42,43)44)33(24-28)25-29(2)35-20-21-36-31(16-15-23-41(35,36)10)18-19-32-26-34(45-48(11,12)39(4,5)6)27-37(30(32)3)46-49(13,14)40(7,8)9/h17-19,22,24,29,34-37H,3,15-16,20-21,23,25-27H2,1-2,4-14H3,(H,42,43,44)/t29-,34+,35+,36-,37?,41+/m0/s1. The zero-order valence-corrected chi connectivity index (χ0v) is 35.9. The van der Waals surface area contributed by atoms with Crippen LogP contribution in [0, 0.1) is 30.1 Å². The fourth-order valence-electron chi connectivity index (χ4n) is 8.59. The molecule has 3 aliphatic rings. The molecule has 3 aliphatic carbocycles. The predicted octanol–water partition coefficient (Wildman–Crippen LogP) is 11.6. The Morgan fingerprint density at radius 1 is 1.02 bits per heavy atom. The van der Waals surface area contributed by atoms with Crippen molar-refractivity contribution in [3.63, 3.8) is 0 Å². The molecule has 0 saturated heterocycles. The van der Waals surface area contributed by atoms with Gasteiger partial charge >= 0.3 is 0 Å². The fourth-order valence-corrected chi connectivity index (χ4v) is 12.0. The topological polar surface area (TPSA) is 72.8 Å². The summed E-state index contributed by atoms with van der Waals surface area (Å²) in [6, 6.07) is 5.26. The third-order valence-electron chi connectivity index (χ3n) is 13.5. The maximum Gasteiger partial charge on any atom is 0.294 e. The van der Waals surface area contributed by atoms with Gasteiger partial charge in [0, 0.05) is 6.42 Å². The van der Waals surface area contributed by atoms with E-state index >= 15 is 0 Å². The molecule has 3 fully saturated rings. The molecule has 6 atom stereocenters. The van der Waals surface area contributed by atoms with Crippen molar-refractivity contribution in [2.45, 2.75) is 167 Å². The minimum Gasteiger partial charge on any atom is -0.413 e. The van der Waals surface area contributed by atoms with Crippen LogP contribution in [0.15, 0.2) is 58.5 Å². The largest absolute Gasteiger partial charge is 0.413 e. The quantitative estimate of drug-likeness (QED) is 0.202. The van der Waals surface area contributed by atoms with Gasteiger partial charge in [-0.05, 0) is 134 Å².